The first-order valence-corrected chi connectivity index (χ1v) is 7.59. The van der Waals surface area contributed by atoms with Gasteiger partial charge in [-0.3, -0.25) is 9.89 Å². The minimum atomic E-state index is -0.620. The molecule has 0 spiro atoms. The Morgan fingerprint density at radius 2 is 2.08 bits per heavy atom. The number of Topliss-reactive ketones (excluding diaryl/α,β-unsaturated/α-hetero) is 1. The third-order valence-corrected chi connectivity index (χ3v) is 3.69. The van der Waals surface area contributed by atoms with E-state index in [9.17, 15) is 10.1 Å². The van der Waals surface area contributed by atoms with Crippen molar-refractivity contribution in [1.82, 2.24) is 10.2 Å². The predicted octanol–water partition coefficient (Wildman–Crippen LogP) is 4.35. The molecule has 0 aliphatic heterocycles. The second-order valence-corrected chi connectivity index (χ2v) is 6.60. The van der Waals surface area contributed by atoms with Crippen molar-refractivity contribution in [1.29, 1.82) is 5.26 Å². The number of allylic oxidation sites excluding steroid dienone is 1. The first kappa shape index (κ1) is 15.8. The van der Waals surface area contributed by atoms with Gasteiger partial charge in [-0.15, -0.1) is 0 Å². The third-order valence-electron chi connectivity index (χ3n) is 3.69. The Kier molecular flexibility index (Phi) is 3.82. The van der Waals surface area contributed by atoms with Crippen LogP contribution in [0.5, 0.6) is 0 Å². The number of fused-ring (bicyclic) bond motifs is 1. The van der Waals surface area contributed by atoms with E-state index in [-0.39, 0.29) is 11.4 Å². The molecular weight excluding hydrogens is 302 g/mol. The molecular formula is C19H17N3O2. The van der Waals surface area contributed by atoms with Gasteiger partial charge in [-0.1, -0.05) is 39.0 Å². The highest BCUT2D eigenvalue weighted by molar-refractivity contribution is 6.06. The molecule has 0 aliphatic rings. The Hall–Kier alpha value is -3.13. The number of nitrogens with one attached hydrogen (secondary N) is 1. The lowest BCUT2D eigenvalue weighted by molar-refractivity contribution is -0.121. The Bertz CT molecular complexity index is 945. The molecule has 5 nitrogen and oxygen atoms in total. The molecule has 2 heterocycles. The van der Waals surface area contributed by atoms with E-state index < -0.39 is 5.41 Å². The lowest BCUT2D eigenvalue weighted by Gasteiger charge is -2.15. The van der Waals surface area contributed by atoms with Gasteiger partial charge in [-0.25, -0.2) is 0 Å². The maximum absolute atomic E-state index is 12.4. The molecule has 2 aromatic heterocycles. The summed E-state index contributed by atoms with van der Waals surface area (Å²) in [6.45, 7) is 5.36. The fraction of sp³-hybridized carbons (Fsp3) is 0.211. The van der Waals surface area contributed by atoms with E-state index >= 15 is 0 Å². The second kappa shape index (κ2) is 5.82. The van der Waals surface area contributed by atoms with Crippen LogP contribution < -0.4 is 0 Å². The lowest BCUT2D eigenvalue weighted by Crippen LogP contribution is -2.21. The molecule has 120 valence electrons. The summed E-state index contributed by atoms with van der Waals surface area (Å²) < 4.78 is 5.83. The van der Waals surface area contributed by atoms with E-state index in [1.807, 2.05) is 36.4 Å². The van der Waals surface area contributed by atoms with Crippen molar-refractivity contribution in [3.8, 4) is 17.5 Å². The molecule has 1 N–H and O–H groups in total. The molecule has 0 unspecified atom stereocenters. The van der Waals surface area contributed by atoms with Gasteiger partial charge in [0.25, 0.3) is 0 Å². The van der Waals surface area contributed by atoms with Crippen molar-refractivity contribution < 1.29 is 9.21 Å². The topological polar surface area (TPSA) is 82.7 Å². The quantitative estimate of drug-likeness (QED) is 0.575. The van der Waals surface area contributed by atoms with Gasteiger partial charge in [0.2, 0.25) is 0 Å². The molecule has 3 rings (SSSR count). The average molecular weight is 319 g/mol. The number of benzene rings is 1. The van der Waals surface area contributed by atoms with Crippen LogP contribution in [0.1, 0.15) is 26.3 Å². The summed E-state index contributed by atoms with van der Waals surface area (Å²) in [4.78, 5) is 12.4. The highest BCUT2D eigenvalue weighted by atomic mass is 16.3. The number of carbonyl (C=O) groups is 1. The standard InChI is InChI=1S/C19H17N3O2/c1-19(2,3)18(23)13(10-20)8-14-11-21-22-17(14)16-9-12-6-4-5-7-15(12)24-16/h4-9,11H,1-3H3,(H,21,22)/b13-8+. The first-order chi connectivity index (χ1) is 11.4. The predicted molar refractivity (Wildman–Crippen MR) is 91.8 cm³/mol. The molecule has 0 atom stereocenters. The van der Waals surface area contributed by atoms with Crippen molar-refractivity contribution in [2.75, 3.05) is 0 Å². The zero-order valence-electron chi connectivity index (χ0n) is 13.8. The summed E-state index contributed by atoms with van der Waals surface area (Å²) in [5.41, 5.74) is 1.53. The second-order valence-electron chi connectivity index (χ2n) is 6.60. The van der Waals surface area contributed by atoms with Crippen LogP contribution >= 0.6 is 0 Å². The van der Waals surface area contributed by atoms with E-state index in [4.69, 9.17) is 4.42 Å². The van der Waals surface area contributed by atoms with Crippen LogP contribution in [0, 0.1) is 16.7 Å². The Balaban J connectivity index is 2.06. The van der Waals surface area contributed by atoms with Crippen LogP contribution in [0.3, 0.4) is 0 Å². The van der Waals surface area contributed by atoms with Crippen molar-refractivity contribution in [3.05, 3.63) is 47.7 Å². The maximum Gasteiger partial charge on any atom is 0.178 e. The molecule has 0 saturated heterocycles. The Morgan fingerprint density at radius 3 is 2.75 bits per heavy atom. The van der Waals surface area contributed by atoms with E-state index in [1.165, 1.54) is 0 Å². The zero-order chi connectivity index (χ0) is 17.3. The molecule has 0 saturated carbocycles. The lowest BCUT2D eigenvalue weighted by atomic mass is 9.86. The first-order valence-electron chi connectivity index (χ1n) is 7.59. The number of H-pyrrole nitrogens is 1. The van der Waals surface area contributed by atoms with Crippen molar-refractivity contribution in [3.63, 3.8) is 0 Å². The van der Waals surface area contributed by atoms with E-state index in [0.717, 1.165) is 11.0 Å². The van der Waals surface area contributed by atoms with Crippen LogP contribution in [-0.4, -0.2) is 16.0 Å². The molecule has 0 amide bonds. The number of nitriles is 1. The highest BCUT2D eigenvalue weighted by Crippen LogP contribution is 2.30. The number of rotatable bonds is 3. The summed E-state index contributed by atoms with van der Waals surface area (Å²) in [5.74, 6) is 0.405. The number of hydrogen-bond acceptors (Lipinski definition) is 4. The number of aromatic nitrogens is 2. The van der Waals surface area contributed by atoms with Crippen LogP contribution in [0.4, 0.5) is 0 Å². The molecule has 3 aromatic rings. The average Bonchev–Trinajstić information content (AvgIpc) is 3.16. The molecule has 24 heavy (non-hydrogen) atoms. The van der Waals surface area contributed by atoms with Crippen molar-refractivity contribution >= 4 is 22.8 Å². The number of carbonyl (C=O) groups excluding carboxylic acids is 1. The summed E-state index contributed by atoms with van der Waals surface area (Å²) in [6.07, 6.45) is 3.13. The van der Waals surface area contributed by atoms with E-state index in [2.05, 4.69) is 10.2 Å². The largest absolute Gasteiger partial charge is 0.454 e. The minimum absolute atomic E-state index is 0.0984. The zero-order valence-corrected chi connectivity index (χ0v) is 13.8. The number of para-hydroxylation sites is 1. The number of nitrogens with zero attached hydrogens (tertiary/aromatic N) is 2. The number of hydrogen-bond donors (Lipinski definition) is 1. The van der Waals surface area contributed by atoms with Gasteiger partial charge in [-0.2, -0.15) is 10.4 Å². The summed E-state index contributed by atoms with van der Waals surface area (Å²) in [6, 6.07) is 11.6. The van der Waals surface area contributed by atoms with Crippen LogP contribution in [-0.2, 0) is 4.79 Å². The van der Waals surface area contributed by atoms with Crippen molar-refractivity contribution in [2.24, 2.45) is 5.41 Å². The van der Waals surface area contributed by atoms with Gasteiger partial charge in [0.1, 0.15) is 17.3 Å². The van der Waals surface area contributed by atoms with Gasteiger partial charge in [0, 0.05) is 16.4 Å². The van der Waals surface area contributed by atoms with Gasteiger partial charge in [-0.05, 0) is 18.2 Å². The number of ketones is 1. The normalized spacial score (nSPS) is 12.3. The molecule has 1 aromatic carbocycles. The Morgan fingerprint density at radius 1 is 1.33 bits per heavy atom. The van der Waals surface area contributed by atoms with Crippen LogP contribution in [0.15, 0.2) is 46.5 Å². The maximum atomic E-state index is 12.4. The Labute approximate surface area is 139 Å². The molecule has 0 fully saturated rings. The SMILES string of the molecule is CC(C)(C)C(=O)/C(C#N)=C/c1cn[nH]c1-c1cc2ccccc2o1. The van der Waals surface area contributed by atoms with E-state index in [0.29, 0.717) is 17.0 Å². The minimum Gasteiger partial charge on any atom is -0.454 e. The fourth-order valence-electron chi connectivity index (χ4n) is 2.42. The highest BCUT2D eigenvalue weighted by Gasteiger charge is 2.25. The number of furan rings is 1. The summed E-state index contributed by atoms with van der Waals surface area (Å²) in [5, 5.41) is 17.2. The van der Waals surface area contributed by atoms with Gasteiger partial charge >= 0.3 is 0 Å². The molecule has 0 bridgehead atoms. The summed E-state index contributed by atoms with van der Waals surface area (Å²) >= 11 is 0. The van der Waals surface area contributed by atoms with Crippen molar-refractivity contribution in [2.45, 2.75) is 20.8 Å². The van der Waals surface area contributed by atoms with Crippen LogP contribution in [0.2, 0.25) is 0 Å². The molecule has 5 heteroatoms. The fourth-order valence-corrected chi connectivity index (χ4v) is 2.42. The van der Waals surface area contributed by atoms with Gasteiger partial charge in [0.15, 0.2) is 11.5 Å². The monoisotopic (exact) mass is 319 g/mol. The third kappa shape index (κ3) is 2.86. The smallest absolute Gasteiger partial charge is 0.178 e. The summed E-state index contributed by atoms with van der Waals surface area (Å²) in [7, 11) is 0. The van der Waals surface area contributed by atoms with Gasteiger partial charge < -0.3 is 4.42 Å². The molecule has 0 aliphatic carbocycles. The number of aromatic amines is 1. The van der Waals surface area contributed by atoms with E-state index in [1.54, 1.807) is 33.0 Å². The van der Waals surface area contributed by atoms with Crippen LogP contribution in [0.25, 0.3) is 28.5 Å². The van der Waals surface area contributed by atoms with Gasteiger partial charge in [0.05, 0.1) is 11.8 Å². The molecule has 0 radical (unpaired) electrons.